The second kappa shape index (κ2) is 8.16. The molecule has 25 heavy (non-hydrogen) atoms. The Morgan fingerprint density at radius 3 is 2.40 bits per heavy atom. The van der Waals surface area contributed by atoms with Gasteiger partial charge in [-0.05, 0) is 50.1 Å². The summed E-state index contributed by atoms with van der Waals surface area (Å²) in [6, 6.07) is 9.53. The predicted octanol–water partition coefficient (Wildman–Crippen LogP) is 3.76. The number of benzene rings is 1. The predicted molar refractivity (Wildman–Crippen MR) is 99.2 cm³/mol. The van der Waals surface area contributed by atoms with Crippen molar-refractivity contribution in [2.45, 2.75) is 26.8 Å². The number of carbonyl (C=O) groups is 2. The van der Waals surface area contributed by atoms with E-state index in [2.05, 4.69) is 0 Å². The van der Waals surface area contributed by atoms with Crippen molar-refractivity contribution >= 4 is 23.2 Å². The minimum absolute atomic E-state index is 0.0665. The van der Waals surface area contributed by atoms with Crippen LogP contribution >= 0.6 is 11.3 Å². The van der Waals surface area contributed by atoms with Gasteiger partial charge < -0.3 is 14.4 Å². The van der Waals surface area contributed by atoms with E-state index in [-0.39, 0.29) is 18.6 Å². The van der Waals surface area contributed by atoms with Crippen LogP contribution in [0.15, 0.2) is 30.3 Å². The first-order chi connectivity index (χ1) is 11.8. The van der Waals surface area contributed by atoms with Crippen molar-refractivity contribution in [2.24, 2.45) is 0 Å². The first-order valence-electron chi connectivity index (χ1n) is 8.01. The van der Waals surface area contributed by atoms with E-state index in [1.807, 2.05) is 45.0 Å². The number of amides is 1. The molecule has 0 bridgehead atoms. The van der Waals surface area contributed by atoms with E-state index >= 15 is 0 Å². The lowest BCUT2D eigenvalue weighted by atomic mass is 10.1. The van der Waals surface area contributed by atoms with E-state index in [4.69, 9.17) is 9.47 Å². The first-order valence-corrected chi connectivity index (χ1v) is 8.82. The number of likely N-dealkylation sites (N-methyl/N-ethyl adjacent to an activating group) is 1. The lowest BCUT2D eigenvalue weighted by Gasteiger charge is -2.20. The smallest absolute Gasteiger partial charge is 0.348 e. The molecule has 2 rings (SSSR count). The van der Waals surface area contributed by atoms with Crippen LogP contribution in [0, 0.1) is 6.92 Å². The van der Waals surface area contributed by atoms with Crippen molar-refractivity contribution in [1.82, 2.24) is 4.90 Å². The highest BCUT2D eigenvalue weighted by Gasteiger charge is 2.18. The summed E-state index contributed by atoms with van der Waals surface area (Å²) in [6.07, 6.45) is 0. The normalized spacial score (nSPS) is 10.6. The highest BCUT2D eigenvalue weighted by atomic mass is 32.1. The lowest BCUT2D eigenvalue weighted by molar-refractivity contribution is -0.134. The SMILES string of the molecule is COc1ccc(-c2cc(C(=O)OCC(=O)N(C)C(C)C)sc2C)cc1. The number of ether oxygens (including phenoxy) is 2. The third-order valence-corrected chi connectivity index (χ3v) is 5.05. The fraction of sp³-hybridized carbons (Fsp3) is 0.368. The number of nitrogens with zero attached hydrogens (tertiary/aromatic N) is 1. The number of carbonyl (C=O) groups excluding carboxylic acids is 2. The zero-order valence-corrected chi connectivity index (χ0v) is 16.0. The number of esters is 1. The minimum Gasteiger partial charge on any atom is -0.497 e. The average molecular weight is 361 g/mol. The Balaban J connectivity index is 2.08. The number of hydrogen-bond donors (Lipinski definition) is 0. The highest BCUT2D eigenvalue weighted by Crippen LogP contribution is 2.32. The van der Waals surface area contributed by atoms with Crippen LogP contribution in [0.3, 0.4) is 0 Å². The Labute approximate surface area is 152 Å². The van der Waals surface area contributed by atoms with Gasteiger partial charge in [0.1, 0.15) is 10.6 Å². The van der Waals surface area contributed by atoms with Gasteiger partial charge in [-0.3, -0.25) is 4.79 Å². The monoisotopic (exact) mass is 361 g/mol. The van der Waals surface area contributed by atoms with Crippen LogP contribution in [0.2, 0.25) is 0 Å². The third-order valence-electron chi connectivity index (χ3n) is 4.01. The zero-order valence-electron chi connectivity index (χ0n) is 15.2. The van der Waals surface area contributed by atoms with Crippen LogP contribution in [-0.4, -0.2) is 43.6 Å². The zero-order chi connectivity index (χ0) is 18.6. The summed E-state index contributed by atoms with van der Waals surface area (Å²) in [5.41, 5.74) is 1.98. The topological polar surface area (TPSA) is 55.8 Å². The van der Waals surface area contributed by atoms with E-state index in [1.165, 1.54) is 11.3 Å². The molecular weight excluding hydrogens is 338 g/mol. The van der Waals surface area contributed by atoms with Crippen molar-refractivity contribution in [3.05, 3.63) is 40.1 Å². The number of thiophene rings is 1. The van der Waals surface area contributed by atoms with E-state index in [1.54, 1.807) is 25.1 Å². The molecule has 0 fully saturated rings. The number of hydrogen-bond acceptors (Lipinski definition) is 5. The van der Waals surface area contributed by atoms with Crippen LogP contribution in [0.4, 0.5) is 0 Å². The highest BCUT2D eigenvalue weighted by molar-refractivity contribution is 7.14. The molecule has 5 nitrogen and oxygen atoms in total. The van der Waals surface area contributed by atoms with Crippen molar-refractivity contribution < 1.29 is 19.1 Å². The van der Waals surface area contributed by atoms with Crippen LogP contribution in [0.1, 0.15) is 28.4 Å². The first kappa shape index (κ1) is 19.0. The number of aryl methyl sites for hydroxylation is 1. The molecule has 1 heterocycles. The fourth-order valence-corrected chi connectivity index (χ4v) is 3.16. The standard InChI is InChI=1S/C19H23NO4S/c1-12(2)20(4)18(21)11-24-19(22)17-10-16(13(3)25-17)14-6-8-15(23-5)9-7-14/h6-10,12H,11H2,1-5H3. The molecule has 0 spiro atoms. The summed E-state index contributed by atoms with van der Waals surface area (Å²) in [6.45, 7) is 5.52. The summed E-state index contributed by atoms with van der Waals surface area (Å²) < 4.78 is 10.3. The molecule has 0 atom stereocenters. The van der Waals surface area contributed by atoms with E-state index in [9.17, 15) is 9.59 Å². The molecular formula is C19H23NO4S. The van der Waals surface area contributed by atoms with Crippen LogP contribution in [0.25, 0.3) is 11.1 Å². The van der Waals surface area contributed by atoms with E-state index < -0.39 is 5.97 Å². The molecule has 0 radical (unpaired) electrons. The van der Waals surface area contributed by atoms with Gasteiger partial charge in [0, 0.05) is 18.0 Å². The molecule has 0 aliphatic heterocycles. The molecule has 6 heteroatoms. The summed E-state index contributed by atoms with van der Waals surface area (Å²) in [5.74, 6) is 0.0921. The van der Waals surface area contributed by atoms with Crippen molar-refractivity contribution in [3.8, 4) is 16.9 Å². The maximum atomic E-state index is 12.2. The molecule has 2 aromatic rings. The van der Waals surface area contributed by atoms with Crippen molar-refractivity contribution in [3.63, 3.8) is 0 Å². The molecule has 0 saturated heterocycles. The Hall–Kier alpha value is -2.34. The van der Waals surface area contributed by atoms with Gasteiger partial charge in [0.25, 0.3) is 5.91 Å². The van der Waals surface area contributed by atoms with Crippen molar-refractivity contribution in [2.75, 3.05) is 20.8 Å². The Morgan fingerprint density at radius 2 is 1.84 bits per heavy atom. The summed E-state index contributed by atoms with van der Waals surface area (Å²) in [4.78, 5) is 27.2. The van der Waals surface area contributed by atoms with Gasteiger partial charge in [-0.2, -0.15) is 0 Å². The molecule has 0 aliphatic rings. The molecule has 134 valence electrons. The minimum atomic E-state index is -0.474. The number of rotatable bonds is 6. The Kier molecular flexibility index (Phi) is 6.20. The van der Waals surface area contributed by atoms with Gasteiger partial charge in [0.2, 0.25) is 0 Å². The quantitative estimate of drug-likeness (QED) is 0.735. The van der Waals surface area contributed by atoms with Gasteiger partial charge in [0.05, 0.1) is 7.11 Å². The second-order valence-electron chi connectivity index (χ2n) is 5.98. The van der Waals surface area contributed by atoms with Gasteiger partial charge in [-0.25, -0.2) is 4.79 Å². The van der Waals surface area contributed by atoms with E-state index in [0.29, 0.717) is 4.88 Å². The summed E-state index contributed by atoms with van der Waals surface area (Å²) in [5, 5.41) is 0. The van der Waals surface area contributed by atoms with Crippen LogP contribution in [0.5, 0.6) is 5.75 Å². The van der Waals surface area contributed by atoms with Crippen LogP contribution < -0.4 is 4.74 Å². The molecule has 0 saturated carbocycles. The van der Waals surface area contributed by atoms with Gasteiger partial charge in [-0.15, -0.1) is 11.3 Å². The Bertz CT molecular complexity index is 749. The largest absolute Gasteiger partial charge is 0.497 e. The van der Waals surface area contributed by atoms with Crippen molar-refractivity contribution in [1.29, 1.82) is 0 Å². The van der Waals surface area contributed by atoms with Gasteiger partial charge >= 0.3 is 5.97 Å². The molecule has 0 unspecified atom stereocenters. The van der Waals surface area contributed by atoms with Gasteiger partial charge in [0.15, 0.2) is 6.61 Å². The van der Waals surface area contributed by atoms with Gasteiger partial charge in [-0.1, -0.05) is 12.1 Å². The summed E-state index contributed by atoms with van der Waals surface area (Å²) >= 11 is 1.36. The Morgan fingerprint density at radius 1 is 1.20 bits per heavy atom. The van der Waals surface area contributed by atoms with Crippen LogP contribution in [-0.2, 0) is 9.53 Å². The molecule has 1 aromatic carbocycles. The molecule has 0 aliphatic carbocycles. The lowest BCUT2D eigenvalue weighted by Crippen LogP contribution is -2.36. The molecule has 0 N–H and O–H groups in total. The maximum Gasteiger partial charge on any atom is 0.348 e. The number of methoxy groups -OCH3 is 1. The second-order valence-corrected chi connectivity index (χ2v) is 7.24. The molecule has 1 amide bonds. The fourth-order valence-electron chi connectivity index (χ4n) is 2.23. The third kappa shape index (κ3) is 4.60. The average Bonchev–Trinajstić information content (AvgIpc) is 3.00. The molecule has 1 aromatic heterocycles. The maximum absolute atomic E-state index is 12.2. The van der Waals surface area contributed by atoms with E-state index in [0.717, 1.165) is 21.8 Å². The summed E-state index contributed by atoms with van der Waals surface area (Å²) in [7, 11) is 3.31.